The first-order chi connectivity index (χ1) is 28.1. The fourth-order valence-electron chi connectivity index (χ4n) is 13.3. The molecule has 316 valence electrons. The van der Waals surface area contributed by atoms with Crippen LogP contribution >= 0.6 is 0 Å². The van der Waals surface area contributed by atoms with Gasteiger partial charge in [-0.3, -0.25) is 0 Å². The number of ether oxygens (including phenoxy) is 6. The van der Waals surface area contributed by atoms with Crippen molar-refractivity contribution in [2.45, 2.75) is 124 Å². The Hall–Kier alpha value is -3.50. The maximum absolute atomic E-state index is 13.7. The highest BCUT2D eigenvalue weighted by atomic mass is 16.9. The molecule has 4 saturated heterocycles. The molecule has 10 aliphatic rings. The predicted molar refractivity (Wildman–Crippen MR) is 207 cm³/mol. The molecule has 11 bridgehead atoms. The second kappa shape index (κ2) is 13.3. The summed E-state index contributed by atoms with van der Waals surface area (Å²) in [6, 6.07) is 17.7. The van der Waals surface area contributed by atoms with Gasteiger partial charge in [-0.2, -0.15) is 0 Å². The lowest BCUT2D eigenvalue weighted by molar-refractivity contribution is -0.595. The zero-order valence-corrected chi connectivity index (χ0v) is 33.6. The molecule has 59 heavy (non-hydrogen) atoms. The van der Waals surface area contributed by atoms with Gasteiger partial charge in [0.2, 0.25) is 0 Å². The number of aliphatic hydroxyl groups excluding tert-OH is 2. The molecule has 8 fully saturated rings. The highest BCUT2D eigenvalue weighted by molar-refractivity contribution is 5.89. The van der Waals surface area contributed by atoms with E-state index in [2.05, 4.69) is 6.92 Å². The van der Waals surface area contributed by atoms with Crippen LogP contribution in [0.25, 0.3) is 0 Å². The first kappa shape index (κ1) is 39.6. The third-order valence-corrected chi connectivity index (χ3v) is 16.2. The van der Waals surface area contributed by atoms with Crippen LogP contribution in [0.5, 0.6) is 0 Å². The molecule has 19 atom stereocenters. The highest BCUT2D eigenvalue weighted by Gasteiger charge is 2.91. The SMILES string of the molecule is C[C@H]1[C@@H]2CC[C@@H]1[C@H](OC(=O)c1ccccc1)/C=C\C=C/C(=O)O[C@H]1[C@@H](C)C[C@@H]3[C@]1(O)[C@H](O)[C@@]1(CO)O[C@H]1[C@H]1[C@H]4O[C@]5(c6ccccc6)O[C@@H]([C@H](C)[C@@]13O5)[C@@]4(O)[C@](C)(O)C2. The van der Waals surface area contributed by atoms with Gasteiger partial charge in [0, 0.05) is 35.3 Å². The molecule has 13 nitrogen and oxygen atoms in total. The molecule has 2 aromatic rings. The van der Waals surface area contributed by atoms with E-state index in [1.807, 2.05) is 38.1 Å². The van der Waals surface area contributed by atoms with Gasteiger partial charge in [0.1, 0.15) is 53.4 Å². The molecule has 0 aromatic heterocycles. The van der Waals surface area contributed by atoms with E-state index in [4.69, 9.17) is 28.4 Å². The number of aliphatic hydroxyl groups is 5. The molecule has 6 aliphatic heterocycles. The maximum Gasteiger partial charge on any atom is 0.338 e. The lowest BCUT2D eigenvalue weighted by Gasteiger charge is -2.74. The van der Waals surface area contributed by atoms with Gasteiger partial charge in [0.05, 0.1) is 23.4 Å². The Kier molecular flexibility index (Phi) is 8.90. The van der Waals surface area contributed by atoms with Crippen LogP contribution in [0.3, 0.4) is 0 Å². The average molecular weight is 815 g/mol. The summed E-state index contributed by atoms with van der Waals surface area (Å²) in [6.45, 7) is 6.66. The number of rotatable bonds is 4. The normalized spacial score (nSPS) is 52.8. The van der Waals surface area contributed by atoms with Crippen molar-refractivity contribution >= 4 is 11.9 Å². The summed E-state index contributed by atoms with van der Waals surface area (Å²) in [7, 11) is 0. The Bertz CT molecular complexity index is 2060. The number of hydrogen-bond donors (Lipinski definition) is 5. The van der Waals surface area contributed by atoms with E-state index in [1.165, 1.54) is 12.2 Å². The Labute approximate surface area is 342 Å². The first-order valence-electron chi connectivity index (χ1n) is 21.2. The van der Waals surface area contributed by atoms with E-state index in [0.29, 0.717) is 24.0 Å². The molecule has 4 aliphatic carbocycles. The fraction of sp³-hybridized carbons (Fsp3) is 0.609. The minimum Gasteiger partial charge on any atom is -0.456 e. The topological polar surface area (TPSA) is 194 Å². The van der Waals surface area contributed by atoms with E-state index in [1.54, 1.807) is 55.5 Å². The van der Waals surface area contributed by atoms with Crippen LogP contribution in [0.2, 0.25) is 0 Å². The summed E-state index contributed by atoms with van der Waals surface area (Å²) < 4.78 is 39.7. The van der Waals surface area contributed by atoms with Crippen LogP contribution in [-0.4, -0.2) is 109 Å². The number of epoxide rings is 1. The third kappa shape index (κ3) is 5.17. The van der Waals surface area contributed by atoms with E-state index in [-0.39, 0.29) is 30.6 Å². The molecule has 0 amide bonds. The van der Waals surface area contributed by atoms with Crippen molar-refractivity contribution in [2.75, 3.05) is 6.61 Å². The Morgan fingerprint density at radius 2 is 1.58 bits per heavy atom. The predicted octanol–water partition coefficient (Wildman–Crippen LogP) is 3.31. The van der Waals surface area contributed by atoms with Crippen LogP contribution < -0.4 is 0 Å². The second-order valence-corrected chi connectivity index (χ2v) is 19.0. The number of carbonyl (C=O) groups is 2. The molecule has 5 N–H and O–H groups in total. The molecule has 6 heterocycles. The van der Waals surface area contributed by atoms with Crippen LogP contribution in [0.15, 0.2) is 85.0 Å². The molecule has 4 saturated carbocycles. The zero-order chi connectivity index (χ0) is 41.5. The lowest BCUT2D eigenvalue weighted by Crippen LogP contribution is -2.89. The van der Waals surface area contributed by atoms with Crippen molar-refractivity contribution < 1.29 is 63.5 Å². The van der Waals surface area contributed by atoms with Gasteiger partial charge in [-0.15, -0.1) is 0 Å². The van der Waals surface area contributed by atoms with Crippen molar-refractivity contribution in [1.29, 1.82) is 0 Å². The van der Waals surface area contributed by atoms with Crippen molar-refractivity contribution in [3.63, 3.8) is 0 Å². The monoisotopic (exact) mass is 814 g/mol. The quantitative estimate of drug-likeness (QED) is 0.223. The number of esters is 2. The van der Waals surface area contributed by atoms with Crippen molar-refractivity contribution in [1.82, 2.24) is 0 Å². The van der Waals surface area contributed by atoms with Crippen molar-refractivity contribution in [3.05, 3.63) is 96.1 Å². The van der Waals surface area contributed by atoms with Gasteiger partial charge in [-0.05, 0) is 68.6 Å². The third-order valence-electron chi connectivity index (χ3n) is 16.2. The Morgan fingerprint density at radius 1 is 0.881 bits per heavy atom. The number of hydrogen-bond acceptors (Lipinski definition) is 13. The lowest BCUT2D eigenvalue weighted by atomic mass is 9.49. The number of carbonyl (C=O) groups excluding carboxylic acids is 2. The first-order valence-corrected chi connectivity index (χ1v) is 21.2. The molecule has 2 aromatic carbocycles. The Morgan fingerprint density at radius 3 is 2.29 bits per heavy atom. The van der Waals surface area contributed by atoms with E-state index in [9.17, 15) is 35.1 Å². The van der Waals surface area contributed by atoms with Gasteiger partial charge in [0.25, 0.3) is 0 Å². The van der Waals surface area contributed by atoms with Gasteiger partial charge in [-0.1, -0.05) is 81.5 Å². The van der Waals surface area contributed by atoms with Crippen molar-refractivity contribution in [2.24, 2.45) is 41.4 Å². The summed E-state index contributed by atoms with van der Waals surface area (Å²) in [5.41, 5.74) is -8.50. The largest absolute Gasteiger partial charge is 0.456 e. The van der Waals surface area contributed by atoms with Crippen LogP contribution in [0, 0.1) is 41.4 Å². The van der Waals surface area contributed by atoms with E-state index < -0.39 is 113 Å². The standard InChI is InChI=1S/C46H54O13/c1-24-21-32-43(52)35(24)55-33(48)18-12-11-17-31(54-39(49)27-13-7-5-8-14-27)30-20-19-28(25(30)2)22-41(4,51)45(53)36-26(3)44(32)34(37-42(23-47,56-37)40(43)50)38(45)58-46(57-36,59-44)29-15-9-6-10-16-29/h5-18,24-26,28,30-32,34-38,40,47,50-53H,19-23H2,1-4H3/b17-11-,18-12-/t24-,25-,26-,28+,30-,31+,32+,34-,35-,36-,37-,38+,40+,41+,42-,43+,44-,45-,46-/m0/s1. The molecule has 0 unspecified atom stereocenters. The highest BCUT2D eigenvalue weighted by Crippen LogP contribution is 2.75. The smallest absolute Gasteiger partial charge is 0.338 e. The molecule has 12 rings (SSSR count). The van der Waals surface area contributed by atoms with E-state index in [0.717, 1.165) is 0 Å². The molecular weight excluding hydrogens is 760 g/mol. The summed E-state index contributed by atoms with van der Waals surface area (Å²) in [6.07, 6.45) is 0.608. The number of fused-ring (bicyclic) bond motifs is 6. The van der Waals surface area contributed by atoms with Crippen LogP contribution in [0.1, 0.15) is 69.3 Å². The average Bonchev–Trinajstić information content (AvgIpc) is 3.79. The molecule has 0 radical (unpaired) electrons. The van der Waals surface area contributed by atoms with Gasteiger partial charge >= 0.3 is 17.9 Å². The van der Waals surface area contributed by atoms with Gasteiger partial charge < -0.3 is 54.0 Å². The van der Waals surface area contributed by atoms with Gasteiger partial charge in [-0.25, -0.2) is 9.59 Å². The molecule has 1 spiro atoms. The number of allylic oxidation sites excluding steroid dienone is 2. The molecular formula is C46H54O13. The second-order valence-electron chi connectivity index (χ2n) is 19.0. The Balaban J connectivity index is 1.14. The summed E-state index contributed by atoms with van der Waals surface area (Å²) in [5, 5.41) is 63.4. The van der Waals surface area contributed by atoms with E-state index >= 15 is 0 Å². The fourth-order valence-corrected chi connectivity index (χ4v) is 13.3. The summed E-state index contributed by atoms with van der Waals surface area (Å²) >= 11 is 0. The summed E-state index contributed by atoms with van der Waals surface area (Å²) in [5.74, 6) is -6.79. The zero-order valence-electron chi connectivity index (χ0n) is 33.6. The number of benzene rings is 2. The minimum absolute atomic E-state index is 0.102. The molecule has 13 heteroatoms. The van der Waals surface area contributed by atoms with Crippen LogP contribution in [-0.2, 0) is 39.2 Å². The maximum atomic E-state index is 13.7. The van der Waals surface area contributed by atoms with Crippen LogP contribution in [0.4, 0.5) is 0 Å². The van der Waals surface area contributed by atoms with Crippen molar-refractivity contribution in [3.8, 4) is 0 Å². The minimum atomic E-state index is -2.22. The summed E-state index contributed by atoms with van der Waals surface area (Å²) in [4.78, 5) is 27.2. The van der Waals surface area contributed by atoms with Gasteiger partial charge in [0.15, 0.2) is 0 Å².